The van der Waals surface area contributed by atoms with Crippen molar-refractivity contribution in [2.45, 2.75) is 38.8 Å². The maximum absolute atomic E-state index is 12.2. The first kappa shape index (κ1) is 13.0. The molecule has 1 unspecified atom stereocenters. The van der Waals surface area contributed by atoms with Gasteiger partial charge in [0.15, 0.2) is 0 Å². The second-order valence-corrected chi connectivity index (χ2v) is 4.73. The molecule has 2 heterocycles. The van der Waals surface area contributed by atoms with Gasteiger partial charge in [0, 0.05) is 19.1 Å². The second kappa shape index (κ2) is 6.49. The van der Waals surface area contributed by atoms with Crippen molar-refractivity contribution in [2.24, 2.45) is 0 Å². The Morgan fingerprint density at radius 1 is 1.61 bits per heavy atom. The molecule has 6 nitrogen and oxygen atoms in total. The van der Waals surface area contributed by atoms with Crippen LogP contribution in [0.3, 0.4) is 0 Å². The number of hydrogen-bond acceptors (Lipinski definition) is 4. The molecule has 0 aliphatic carbocycles. The highest BCUT2D eigenvalue weighted by molar-refractivity contribution is 5.75. The molecule has 1 aliphatic heterocycles. The van der Waals surface area contributed by atoms with Crippen molar-refractivity contribution < 1.29 is 4.79 Å². The van der Waals surface area contributed by atoms with E-state index in [1.54, 1.807) is 11.0 Å². The largest absolute Gasteiger partial charge is 0.340 e. The zero-order chi connectivity index (χ0) is 12.8. The van der Waals surface area contributed by atoms with E-state index in [1.165, 1.54) is 12.7 Å². The van der Waals surface area contributed by atoms with Crippen LogP contribution in [0.25, 0.3) is 0 Å². The maximum atomic E-state index is 12.2. The van der Waals surface area contributed by atoms with E-state index in [9.17, 15) is 4.79 Å². The lowest BCUT2D eigenvalue weighted by atomic mass is 10.2. The molecule has 100 valence electrons. The summed E-state index contributed by atoms with van der Waals surface area (Å²) < 4.78 is 1.58. The summed E-state index contributed by atoms with van der Waals surface area (Å²) in [7, 11) is 0. The minimum atomic E-state index is 0.121. The Bertz CT molecular complexity index is 359. The molecule has 1 amide bonds. The second-order valence-electron chi connectivity index (χ2n) is 4.73. The molecule has 6 heteroatoms. The van der Waals surface area contributed by atoms with Gasteiger partial charge in [-0.1, -0.05) is 6.92 Å². The van der Waals surface area contributed by atoms with Gasteiger partial charge in [0.1, 0.15) is 19.2 Å². The Kier molecular flexibility index (Phi) is 4.69. The Balaban J connectivity index is 1.88. The van der Waals surface area contributed by atoms with Crippen molar-refractivity contribution in [3.63, 3.8) is 0 Å². The van der Waals surface area contributed by atoms with Crippen LogP contribution in [0.1, 0.15) is 26.2 Å². The molecule has 1 fully saturated rings. The number of carbonyl (C=O) groups excluding carboxylic acids is 1. The van der Waals surface area contributed by atoms with Gasteiger partial charge >= 0.3 is 0 Å². The van der Waals surface area contributed by atoms with Gasteiger partial charge in [-0.25, -0.2) is 9.67 Å². The van der Waals surface area contributed by atoms with Gasteiger partial charge in [-0.2, -0.15) is 5.10 Å². The molecular formula is C12H21N5O. The minimum absolute atomic E-state index is 0.121. The zero-order valence-electron chi connectivity index (χ0n) is 10.9. The molecule has 0 spiro atoms. The van der Waals surface area contributed by atoms with E-state index in [-0.39, 0.29) is 12.5 Å². The van der Waals surface area contributed by atoms with Crippen LogP contribution in [-0.4, -0.2) is 51.2 Å². The van der Waals surface area contributed by atoms with Crippen LogP contribution in [0.2, 0.25) is 0 Å². The lowest BCUT2D eigenvalue weighted by Crippen LogP contribution is -2.42. The molecule has 1 aliphatic rings. The number of amides is 1. The van der Waals surface area contributed by atoms with Gasteiger partial charge in [0.2, 0.25) is 5.91 Å². The van der Waals surface area contributed by atoms with Gasteiger partial charge in [-0.3, -0.25) is 4.79 Å². The fourth-order valence-corrected chi connectivity index (χ4v) is 2.32. The highest BCUT2D eigenvalue weighted by atomic mass is 16.2. The monoisotopic (exact) mass is 251 g/mol. The van der Waals surface area contributed by atoms with Crippen molar-refractivity contribution in [3.05, 3.63) is 12.7 Å². The summed E-state index contributed by atoms with van der Waals surface area (Å²) in [5, 5.41) is 7.40. The molecule has 0 saturated carbocycles. The van der Waals surface area contributed by atoms with Crippen molar-refractivity contribution in [2.75, 3.05) is 19.6 Å². The summed E-state index contributed by atoms with van der Waals surface area (Å²) in [6, 6.07) is 0.455. The maximum Gasteiger partial charge on any atom is 0.244 e. The minimum Gasteiger partial charge on any atom is -0.340 e. The Labute approximate surface area is 107 Å². The molecular weight excluding hydrogens is 230 g/mol. The van der Waals surface area contributed by atoms with E-state index >= 15 is 0 Å². The first-order chi connectivity index (χ1) is 8.79. The normalized spacial score (nSPS) is 19.1. The molecule has 0 radical (unpaired) electrons. The summed E-state index contributed by atoms with van der Waals surface area (Å²) in [6.45, 7) is 5.07. The van der Waals surface area contributed by atoms with Crippen molar-refractivity contribution in [3.8, 4) is 0 Å². The third-order valence-corrected chi connectivity index (χ3v) is 3.21. The summed E-state index contributed by atoms with van der Waals surface area (Å²) in [4.78, 5) is 18.0. The number of carbonyl (C=O) groups is 1. The topological polar surface area (TPSA) is 63.1 Å². The SMILES string of the molecule is CCCN(CC1CCCN1)C(=O)Cn1cncn1. The van der Waals surface area contributed by atoms with Gasteiger partial charge in [-0.05, 0) is 25.8 Å². The standard InChI is InChI=1S/C12H21N5O/c1-2-6-16(7-11-4-3-5-14-11)12(18)8-17-10-13-9-15-17/h9-11,14H,2-8H2,1H3. The average Bonchev–Trinajstić information content (AvgIpc) is 3.01. The Morgan fingerprint density at radius 3 is 3.11 bits per heavy atom. The highest BCUT2D eigenvalue weighted by Crippen LogP contribution is 2.08. The van der Waals surface area contributed by atoms with Crippen LogP contribution in [0.15, 0.2) is 12.7 Å². The van der Waals surface area contributed by atoms with E-state index < -0.39 is 0 Å². The van der Waals surface area contributed by atoms with E-state index in [1.807, 2.05) is 4.90 Å². The Morgan fingerprint density at radius 2 is 2.50 bits per heavy atom. The summed E-state index contributed by atoms with van der Waals surface area (Å²) in [5.41, 5.74) is 0. The van der Waals surface area contributed by atoms with Gasteiger partial charge in [0.25, 0.3) is 0 Å². The summed E-state index contributed by atoms with van der Waals surface area (Å²) in [5.74, 6) is 0.121. The molecule has 1 atom stereocenters. The van der Waals surface area contributed by atoms with Crippen LogP contribution >= 0.6 is 0 Å². The van der Waals surface area contributed by atoms with Crippen molar-refractivity contribution >= 4 is 5.91 Å². The molecule has 0 bridgehead atoms. The molecule has 1 aromatic rings. The van der Waals surface area contributed by atoms with Crippen LogP contribution < -0.4 is 5.32 Å². The molecule has 2 rings (SSSR count). The predicted molar refractivity (Wildman–Crippen MR) is 67.9 cm³/mol. The Hall–Kier alpha value is -1.43. The van der Waals surface area contributed by atoms with E-state index in [0.29, 0.717) is 6.04 Å². The molecule has 1 aromatic heterocycles. The first-order valence-corrected chi connectivity index (χ1v) is 6.63. The molecule has 1 saturated heterocycles. The molecule has 0 aromatic carbocycles. The fourth-order valence-electron chi connectivity index (χ4n) is 2.32. The van der Waals surface area contributed by atoms with Crippen molar-refractivity contribution in [1.29, 1.82) is 0 Å². The molecule has 1 N–H and O–H groups in total. The van der Waals surface area contributed by atoms with Gasteiger partial charge < -0.3 is 10.2 Å². The lowest BCUT2D eigenvalue weighted by Gasteiger charge is -2.25. The zero-order valence-corrected chi connectivity index (χ0v) is 10.9. The van der Waals surface area contributed by atoms with E-state index in [0.717, 1.165) is 32.5 Å². The molecule has 18 heavy (non-hydrogen) atoms. The third-order valence-electron chi connectivity index (χ3n) is 3.21. The number of nitrogens with one attached hydrogen (secondary N) is 1. The van der Waals surface area contributed by atoms with E-state index in [2.05, 4.69) is 22.3 Å². The van der Waals surface area contributed by atoms with E-state index in [4.69, 9.17) is 0 Å². The van der Waals surface area contributed by atoms with Crippen LogP contribution in [0.4, 0.5) is 0 Å². The smallest absolute Gasteiger partial charge is 0.244 e. The fraction of sp³-hybridized carbons (Fsp3) is 0.750. The first-order valence-electron chi connectivity index (χ1n) is 6.63. The quantitative estimate of drug-likeness (QED) is 0.788. The number of hydrogen-bond donors (Lipinski definition) is 1. The van der Waals surface area contributed by atoms with Crippen LogP contribution in [0.5, 0.6) is 0 Å². The summed E-state index contributed by atoms with van der Waals surface area (Å²) >= 11 is 0. The highest BCUT2D eigenvalue weighted by Gasteiger charge is 2.21. The number of aromatic nitrogens is 3. The van der Waals surface area contributed by atoms with Crippen LogP contribution in [-0.2, 0) is 11.3 Å². The van der Waals surface area contributed by atoms with Gasteiger partial charge in [0.05, 0.1) is 0 Å². The number of rotatable bonds is 6. The lowest BCUT2D eigenvalue weighted by molar-refractivity contribution is -0.132. The van der Waals surface area contributed by atoms with Crippen LogP contribution in [0, 0.1) is 0 Å². The predicted octanol–water partition coefficient (Wildman–Crippen LogP) is 0.269. The number of nitrogens with zero attached hydrogens (tertiary/aromatic N) is 4. The summed E-state index contributed by atoms with van der Waals surface area (Å²) in [6.07, 6.45) is 6.39. The third kappa shape index (κ3) is 3.53. The van der Waals surface area contributed by atoms with Crippen molar-refractivity contribution in [1.82, 2.24) is 25.0 Å². The van der Waals surface area contributed by atoms with Gasteiger partial charge in [-0.15, -0.1) is 0 Å². The average molecular weight is 251 g/mol.